The molecule has 0 spiro atoms. The van der Waals surface area contributed by atoms with Crippen LogP contribution in [0.3, 0.4) is 0 Å². The van der Waals surface area contributed by atoms with Gasteiger partial charge in [-0.3, -0.25) is 9.79 Å². The first-order chi connectivity index (χ1) is 12.9. The molecule has 0 amide bonds. The van der Waals surface area contributed by atoms with Crippen molar-refractivity contribution in [3.05, 3.63) is 47.9 Å². The molecule has 1 atom stereocenters. The van der Waals surface area contributed by atoms with Gasteiger partial charge in [0, 0.05) is 42.2 Å². The van der Waals surface area contributed by atoms with Gasteiger partial charge in [0.15, 0.2) is 6.29 Å². The van der Waals surface area contributed by atoms with E-state index >= 15 is 0 Å². The predicted octanol–water partition coefficient (Wildman–Crippen LogP) is 2.87. The van der Waals surface area contributed by atoms with Crippen molar-refractivity contribution >= 4 is 12.0 Å². The number of pyridine rings is 1. The average Bonchev–Trinajstić information content (AvgIpc) is 2.67. The summed E-state index contributed by atoms with van der Waals surface area (Å²) in [5.41, 5.74) is 2.38. The predicted molar refractivity (Wildman–Crippen MR) is 109 cm³/mol. The van der Waals surface area contributed by atoms with Gasteiger partial charge in [-0.25, -0.2) is 4.98 Å². The van der Waals surface area contributed by atoms with Crippen molar-refractivity contribution in [2.75, 3.05) is 13.7 Å². The Hall–Kier alpha value is -2.47. The molecule has 1 aliphatic heterocycles. The highest BCUT2D eigenvalue weighted by molar-refractivity contribution is 6.37. The van der Waals surface area contributed by atoms with Crippen molar-refractivity contribution < 1.29 is 9.53 Å². The van der Waals surface area contributed by atoms with Gasteiger partial charge in [-0.2, -0.15) is 0 Å². The minimum absolute atomic E-state index is 0.0339. The summed E-state index contributed by atoms with van der Waals surface area (Å²) in [4.78, 5) is 19.7. The molecule has 0 bridgehead atoms. The molecule has 1 unspecified atom stereocenters. The summed E-state index contributed by atoms with van der Waals surface area (Å²) in [6.07, 6.45) is 7.95. The van der Waals surface area contributed by atoms with Crippen molar-refractivity contribution in [1.29, 1.82) is 0 Å². The SMILES string of the molecule is CNC1C=CN=C(C=O)/C1=C/NCc1ccc(OCC(C)(C)C(C)C)nc1. The fraction of sp³-hybridized carbons (Fsp3) is 0.476. The highest BCUT2D eigenvalue weighted by atomic mass is 16.5. The normalized spacial score (nSPS) is 18.5. The van der Waals surface area contributed by atoms with E-state index in [1.807, 2.05) is 31.5 Å². The Kier molecular flexibility index (Phi) is 7.30. The van der Waals surface area contributed by atoms with Crippen LogP contribution in [0.4, 0.5) is 0 Å². The van der Waals surface area contributed by atoms with E-state index in [4.69, 9.17) is 4.74 Å². The van der Waals surface area contributed by atoms with Gasteiger partial charge < -0.3 is 15.4 Å². The second-order valence-electron chi connectivity index (χ2n) is 7.66. The number of hydrogen-bond acceptors (Lipinski definition) is 6. The van der Waals surface area contributed by atoms with Crippen molar-refractivity contribution in [2.24, 2.45) is 16.3 Å². The van der Waals surface area contributed by atoms with Crippen molar-refractivity contribution in [2.45, 2.75) is 40.3 Å². The van der Waals surface area contributed by atoms with Crippen LogP contribution in [0.1, 0.15) is 33.3 Å². The van der Waals surface area contributed by atoms with Crippen molar-refractivity contribution in [3.63, 3.8) is 0 Å². The Bertz CT molecular complexity index is 718. The third-order valence-electron chi connectivity index (χ3n) is 5.06. The maximum Gasteiger partial charge on any atom is 0.213 e. The molecule has 2 heterocycles. The molecule has 0 aromatic carbocycles. The number of likely N-dealkylation sites (N-methyl/N-ethyl adjacent to an activating group) is 1. The van der Waals surface area contributed by atoms with E-state index in [1.54, 1.807) is 12.4 Å². The molecule has 1 aromatic heterocycles. The van der Waals surface area contributed by atoms with E-state index in [9.17, 15) is 4.79 Å². The quantitative estimate of drug-likeness (QED) is 0.654. The number of aliphatic imine (C=N–C) groups is 1. The summed E-state index contributed by atoms with van der Waals surface area (Å²) in [6, 6.07) is 3.84. The second-order valence-corrected chi connectivity index (χ2v) is 7.66. The van der Waals surface area contributed by atoms with E-state index in [-0.39, 0.29) is 11.5 Å². The lowest BCUT2D eigenvalue weighted by atomic mass is 9.82. The van der Waals surface area contributed by atoms with Crippen LogP contribution in [0.15, 0.2) is 47.4 Å². The molecule has 2 rings (SSSR count). The summed E-state index contributed by atoms with van der Waals surface area (Å²) >= 11 is 0. The number of nitrogens with one attached hydrogen (secondary N) is 2. The van der Waals surface area contributed by atoms with E-state index in [0.29, 0.717) is 30.7 Å². The molecule has 0 aliphatic carbocycles. The number of hydrogen-bond donors (Lipinski definition) is 2. The standard InChI is InChI=1S/C21H30N4O2/c1-15(2)21(3,4)14-27-20-7-6-16(11-25-20)10-23-12-17-18(22-5)8-9-24-19(17)13-26/h6-9,11-13,15,18,22-23H,10,14H2,1-5H3/b17-12+. The van der Waals surface area contributed by atoms with E-state index < -0.39 is 0 Å². The fourth-order valence-electron chi connectivity index (χ4n) is 2.37. The van der Waals surface area contributed by atoms with Crippen LogP contribution in [0.2, 0.25) is 0 Å². The molecule has 0 saturated heterocycles. The van der Waals surface area contributed by atoms with Gasteiger partial charge in [0.2, 0.25) is 5.88 Å². The summed E-state index contributed by atoms with van der Waals surface area (Å²) < 4.78 is 5.83. The maximum absolute atomic E-state index is 11.2. The minimum atomic E-state index is -0.0339. The summed E-state index contributed by atoms with van der Waals surface area (Å²) in [7, 11) is 1.85. The fourth-order valence-corrected chi connectivity index (χ4v) is 2.37. The molecule has 6 heteroatoms. The average molecular weight is 370 g/mol. The highest BCUT2D eigenvalue weighted by Gasteiger charge is 2.23. The Balaban J connectivity index is 1.92. The van der Waals surface area contributed by atoms with Crippen molar-refractivity contribution in [3.8, 4) is 5.88 Å². The largest absolute Gasteiger partial charge is 0.477 e. The number of aromatic nitrogens is 1. The molecule has 0 radical (unpaired) electrons. The van der Waals surface area contributed by atoms with E-state index in [2.05, 4.69) is 48.3 Å². The number of carbonyl (C=O) groups excluding carboxylic acids is 1. The molecule has 6 nitrogen and oxygen atoms in total. The summed E-state index contributed by atoms with van der Waals surface area (Å²) in [5, 5.41) is 6.38. The van der Waals surface area contributed by atoms with Crippen LogP contribution in [0, 0.1) is 11.3 Å². The van der Waals surface area contributed by atoms with Crippen LogP contribution >= 0.6 is 0 Å². The molecule has 0 fully saturated rings. The number of nitrogens with zero attached hydrogens (tertiary/aromatic N) is 2. The Labute approximate surface area is 161 Å². The van der Waals surface area contributed by atoms with Gasteiger partial charge in [0.1, 0.15) is 5.71 Å². The van der Waals surface area contributed by atoms with Gasteiger partial charge in [-0.1, -0.05) is 33.8 Å². The van der Waals surface area contributed by atoms with Gasteiger partial charge in [0.05, 0.1) is 12.6 Å². The zero-order chi connectivity index (χ0) is 19.9. The lowest BCUT2D eigenvalue weighted by Crippen LogP contribution is -2.32. The maximum atomic E-state index is 11.2. The molecule has 0 saturated carbocycles. The molecule has 2 N–H and O–H groups in total. The van der Waals surface area contributed by atoms with Crippen LogP contribution in [-0.2, 0) is 11.3 Å². The Morgan fingerprint density at radius 2 is 2.11 bits per heavy atom. The minimum Gasteiger partial charge on any atom is -0.477 e. The zero-order valence-electron chi connectivity index (χ0n) is 16.8. The lowest BCUT2D eigenvalue weighted by Gasteiger charge is -2.28. The molecular formula is C21H30N4O2. The van der Waals surface area contributed by atoms with Crippen molar-refractivity contribution in [1.82, 2.24) is 15.6 Å². The number of aldehydes is 1. The molecule has 1 aromatic rings. The van der Waals surface area contributed by atoms with Crippen LogP contribution in [0.25, 0.3) is 0 Å². The Morgan fingerprint density at radius 1 is 1.33 bits per heavy atom. The van der Waals surface area contributed by atoms with E-state index in [1.165, 1.54) is 0 Å². The lowest BCUT2D eigenvalue weighted by molar-refractivity contribution is -0.102. The van der Waals surface area contributed by atoms with Gasteiger partial charge >= 0.3 is 0 Å². The first kappa shape index (κ1) is 20.8. The number of ether oxygens (including phenoxy) is 1. The van der Waals surface area contributed by atoms with Gasteiger partial charge in [-0.05, 0) is 24.6 Å². The summed E-state index contributed by atoms with van der Waals surface area (Å²) in [5.74, 6) is 1.17. The smallest absolute Gasteiger partial charge is 0.213 e. The van der Waals surface area contributed by atoms with Gasteiger partial charge in [0.25, 0.3) is 0 Å². The third-order valence-corrected chi connectivity index (χ3v) is 5.06. The summed E-state index contributed by atoms with van der Waals surface area (Å²) in [6.45, 7) is 10.0. The monoisotopic (exact) mass is 370 g/mol. The zero-order valence-corrected chi connectivity index (χ0v) is 16.8. The number of carbonyl (C=O) groups is 1. The Morgan fingerprint density at radius 3 is 2.70 bits per heavy atom. The highest BCUT2D eigenvalue weighted by Crippen LogP contribution is 2.26. The molecule has 27 heavy (non-hydrogen) atoms. The van der Waals surface area contributed by atoms with Crippen LogP contribution in [0.5, 0.6) is 5.88 Å². The van der Waals surface area contributed by atoms with Crippen LogP contribution in [-0.4, -0.2) is 36.7 Å². The third kappa shape index (κ3) is 5.76. The second kappa shape index (κ2) is 9.46. The van der Waals surface area contributed by atoms with E-state index in [0.717, 1.165) is 17.4 Å². The molecular weight excluding hydrogens is 340 g/mol. The first-order valence-corrected chi connectivity index (χ1v) is 9.26. The molecule has 1 aliphatic rings. The van der Waals surface area contributed by atoms with Crippen LogP contribution < -0.4 is 15.4 Å². The number of rotatable bonds is 9. The van der Waals surface area contributed by atoms with Gasteiger partial charge in [-0.15, -0.1) is 0 Å². The first-order valence-electron chi connectivity index (χ1n) is 9.26. The topological polar surface area (TPSA) is 75.6 Å². The molecule has 146 valence electrons.